The predicted molar refractivity (Wildman–Crippen MR) is 124 cm³/mol. The van der Waals surface area contributed by atoms with Gasteiger partial charge in [0.05, 0.1) is 18.7 Å². The first-order chi connectivity index (χ1) is 15.0. The molecule has 0 aliphatic carbocycles. The van der Waals surface area contributed by atoms with E-state index >= 15 is 0 Å². The molecule has 5 heteroatoms. The van der Waals surface area contributed by atoms with Crippen LogP contribution in [0, 0.1) is 13.8 Å². The molecule has 1 aliphatic rings. The number of anilines is 2. The molecule has 0 radical (unpaired) electrons. The van der Waals surface area contributed by atoms with Crippen molar-refractivity contribution in [2.24, 2.45) is 0 Å². The molecule has 0 saturated carbocycles. The van der Waals surface area contributed by atoms with E-state index in [1.807, 2.05) is 13.0 Å². The number of aryl methyl sites for hydroxylation is 2. The molecule has 3 aromatic rings. The van der Waals surface area contributed by atoms with E-state index in [1.165, 1.54) is 18.2 Å². The van der Waals surface area contributed by atoms with Crippen molar-refractivity contribution in [3.05, 3.63) is 70.9 Å². The molecule has 0 saturated heterocycles. The predicted octanol–water partition coefficient (Wildman–Crippen LogP) is 5.51. The zero-order valence-corrected chi connectivity index (χ0v) is 18.7. The van der Waals surface area contributed by atoms with Crippen LogP contribution in [0.4, 0.5) is 11.6 Å². The number of rotatable bonds is 6. The first kappa shape index (κ1) is 21.0. The Morgan fingerprint density at radius 1 is 1.10 bits per heavy atom. The number of hydrogen-bond donors (Lipinski definition) is 0. The third-order valence-corrected chi connectivity index (χ3v) is 5.99. The fraction of sp³-hybridized carbons (Fsp3) is 0.346. The SMILES string of the molecule is CCCC(C(=O)OC)c1c(C)nc(N2CCc3ccccc32)nc1-c1ccc(C)cc1. The first-order valence-electron chi connectivity index (χ1n) is 10.9. The van der Waals surface area contributed by atoms with Gasteiger partial charge in [-0.05, 0) is 38.3 Å². The van der Waals surface area contributed by atoms with Gasteiger partial charge in [0.1, 0.15) is 0 Å². The standard InChI is InChI=1S/C26H29N3O2/c1-5-8-21(25(30)31-4)23-18(3)27-26(28-24(23)20-13-11-17(2)12-14-20)29-16-15-19-9-6-7-10-22(19)29/h6-7,9-14,21H,5,8,15-16H2,1-4H3. The van der Waals surface area contributed by atoms with Crippen LogP contribution >= 0.6 is 0 Å². The van der Waals surface area contributed by atoms with E-state index in [1.54, 1.807) is 0 Å². The van der Waals surface area contributed by atoms with E-state index < -0.39 is 0 Å². The maximum Gasteiger partial charge on any atom is 0.313 e. The normalized spacial score (nSPS) is 13.7. The lowest BCUT2D eigenvalue weighted by atomic mass is 9.89. The van der Waals surface area contributed by atoms with E-state index in [-0.39, 0.29) is 11.9 Å². The highest BCUT2D eigenvalue weighted by atomic mass is 16.5. The number of para-hydroxylation sites is 1. The molecule has 2 aromatic carbocycles. The lowest BCUT2D eigenvalue weighted by Gasteiger charge is -2.24. The minimum Gasteiger partial charge on any atom is -0.469 e. The van der Waals surface area contributed by atoms with Gasteiger partial charge in [0.15, 0.2) is 0 Å². The average Bonchev–Trinajstić information content (AvgIpc) is 3.21. The molecule has 0 N–H and O–H groups in total. The number of benzene rings is 2. The van der Waals surface area contributed by atoms with Gasteiger partial charge in [0.2, 0.25) is 5.95 Å². The Hall–Kier alpha value is -3.21. The van der Waals surface area contributed by atoms with E-state index in [0.29, 0.717) is 12.4 Å². The summed E-state index contributed by atoms with van der Waals surface area (Å²) in [6, 6.07) is 16.7. The number of fused-ring (bicyclic) bond motifs is 1. The summed E-state index contributed by atoms with van der Waals surface area (Å²) in [5.74, 6) is 0.0642. The van der Waals surface area contributed by atoms with Gasteiger partial charge in [-0.15, -0.1) is 0 Å². The number of methoxy groups -OCH3 is 1. The molecule has 0 bridgehead atoms. The van der Waals surface area contributed by atoms with Crippen molar-refractivity contribution < 1.29 is 9.53 Å². The van der Waals surface area contributed by atoms with Gasteiger partial charge in [-0.1, -0.05) is 61.4 Å². The molecule has 1 aromatic heterocycles. The van der Waals surface area contributed by atoms with Crippen LogP contribution in [0.2, 0.25) is 0 Å². The average molecular weight is 416 g/mol. The topological polar surface area (TPSA) is 55.3 Å². The highest BCUT2D eigenvalue weighted by molar-refractivity contribution is 5.82. The minimum absolute atomic E-state index is 0.235. The van der Waals surface area contributed by atoms with Crippen LogP contribution in [0.15, 0.2) is 48.5 Å². The Bertz CT molecular complexity index is 1090. The molecule has 31 heavy (non-hydrogen) atoms. The Balaban J connectivity index is 1.90. The summed E-state index contributed by atoms with van der Waals surface area (Å²) < 4.78 is 5.16. The molecular weight excluding hydrogens is 386 g/mol. The summed E-state index contributed by atoms with van der Waals surface area (Å²) in [5, 5.41) is 0. The van der Waals surface area contributed by atoms with Crippen LogP contribution in [-0.2, 0) is 16.0 Å². The number of ether oxygens (including phenoxy) is 1. The lowest BCUT2D eigenvalue weighted by molar-refractivity contribution is -0.142. The highest BCUT2D eigenvalue weighted by Gasteiger charge is 2.30. The Morgan fingerprint density at radius 3 is 2.55 bits per heavy atom. The highest BCUT2D eigenvalue weighted by Crippen LogP contribution is 2.38. The van der Waals surface area contributed by atoms with Crippen LogP contribution in [0.3, 0.4) is 0 Å². The zero-order valence-electron chi connectivity index (χ0n) is 18.7. The smallest absolute Gasteiger partial charge is 0.313 e. The van der Waals surface area contributed by atoms with Crippen molar-refractivity contribution in [3.8, 4) is 11.3 Å². The third-order valence-electron chi connectivity index (χ3n) is 5.99. The summed E-state index contributed by atoms with van der Waals surface area (Å²) in [5.41, 5.74) is 7.15. The second-order valence-electron chi connectivity index (χ2n) is 8.13. The Kier molecular flexibility index (Phi) is 6.03. The van der Waals surface area contributed by atoms with Crippen molar-refractivity contribution in [2.75, 3.05) is 18.6 Å². The van der Waals surface area contributed by atoms with Gasteiger partial charge < -0.3 is 9.64 Å². The number of hydrogen-bond acceptors (Lipinski definition) is 5. The van der Waals surface area contributed by atoms with Gasteiger partial charge in [-0.3, -0.25) is 4.79 Å². The van der Waals surface area contributed by atoms with Gasteiger partial charge in [-0.2, -0.15) is 0 Å². The molecule has 0 amide bonds. The number of carbonyl (C=O) groups is 1. The van der Waals surface area contributed by atoms with Gasteiger partial charge in [-0.25, -0.2) is 9.97 Å². The van der Waals surface area contributed by atoms with Crippen molar-refractivity contribution in [2.45, 2.75) is 46.0 Å². The quantitative estimate of drug-likeness (QED) is 0.497. The van der Waals surface area contributed by atoms with Crippen molar-refractivity contribution in [1.29, 1.82) is 0 Å². The maximum atomic E-state index is 12.7. The molecule has 5 nitrogen and oxygen atoms in total. The van der Waals surface area contributed by atoms with E-state index in [0.717, 1.165) is 47.6 Å². The fourth-order valence-electron chi connectivity index (χ4n) is 4.39. The molecule has 0 fully saturated rings. The Morgan fingerprint density at radius 2 is 1.84 bits per heavy atom. The molecular formula is C26H29N3O2. The number of carbonyl (C=O) groups excluding carboxylic acids is 1. The molecule has 4 rings (SSSR count). The summed E-state index contributed by atoms with van der Waals surface area (Å²) in [6.45, 7) is 6.97. The first-order valence-corrected chi connectivity index (χ1v) is 10.9. The molecule has 2 heterocycles. The summed E-state index contributed by atoms with van der Waals surface area (Å²) in [7, 11) is 1.45. The van der Waals surface area contributed by atoms with Crippen LogP contribution < -0.4 is 4.90 Å². The molecule has 1 unspecified atom stereocenters. The van der Waals surface area contributed by atoms with E-state index in [2.05, 4.69) is 61.2 Å². The molecule has 0 spiro atoms. The molecule has 1 atom stereocenters. The number of esters is 1. The van der Waals surface area contributed by atoms with E-state index in [9.17, 15) is 4.79 Å². The number of nitrogens with zero attached hydrogens (tertiary/aromatic N) is 3. The second-order valence-corrected chi connectivity index (χ2v) is 8.13. The van der Waals surface area contributed by atoms with Crippen LogP contribution in [0.25, 0.3) is 11.3 Å². The minimum atomic E-state index is -0.383. The summed E-state index contributed by atoms with van der Waals surface area (Å²) in [4.78, 5) is 24.8. The summed E-state index contributed by atoms with van der Waals surface area (Å²) >= 11 is 0. The van der Waals surface area contributed by atoms with Crippen LogP contribution in [-0.4, -0.2) is 29.6 Å². The van der Waals surface area contributed by atoms with Gasteiger partial charge in [0, 0.05) is 29.1 Å². The Labute approximate surface area is 184 Å². The largest absolute Gasteiger partial charge is 0.469 e. The third kappa shape index (κ3) is 4.05. The zero-order chi connectivity index (χ0) is 22.0. The van der Waals surface area contributed by atoms with Gasteiger partial charge in [0.25, 0.3) is 0 Å². The van der Waals surface area contributed by atoms with Gasteiger partial charge >= 0.3 is 5.97 Å². The monoisotopic (exact) mass is 415 g/mol. The maximum absolute atomic E-state index is 12.7. The molecule has 160 valence electrons. The van der Waals surface area contributed by atoms with Crippen molar-refractivity contribution in [1.82, 2.24) is 9.97 Å². The second kappa shape index (κ2) is 8.88. The molecule has 1 aliphatic heterocycles. The fourth-order valence-corrected chi connectivity index (χ4v) is 4.39. The lowest BCUT2D eigenvalue weighted by Crippen LogP contribution is -2.21. The van der Waals surface area contributed by atoms with E-state index in [4.69, 9.17) is 14.7 Å². The van der Waals surface area contributed by atoms with Crippen LogP contribution in [0.1, 0.15) is 48.1 Å². The van der Waals surface area contributed by atoms with Crippen molar-refractivity contribution in [3.63, 3.8) is 0 Å². The number of aromatic nitrogens is 2. The summed E-state index contributed by atoms with van der Waals surface area (Å²) in [6.07, 6.45) is 2.54. The van der Waals surface area contributed by atoms with Crippen molar-refractivity contribution >= 4 is 17.6 Å². The van der Waals surface area contributed by atoms with Crippen LogP contribution in [0.5, 0.6) is 0 Å².